The van der Waals surface area contributed by atoms with E-state index >= 15 is 0 Å². The molecule has 42 heavy (non-hydrogen) atoms. The molecule has 2 unspecified atom stereocenters. The van der Waals surface area contributed by atoms with Gasteiger partial charge in [0.05, 0.1) is 47.9 Å². The second-order valence-corrected chi connectivity index (χ2v) is 11.9. The van der Waals surface area contributed by atoms with Gasteiger partial charge >= 0.3 is 0 Å². The van der Waals surface area contributed by atoms with Crippen LogP contribution in [0.15, 0.2) is 18.2 Å². The third-order valence-electron chi connectivity index (χ3n) is 8.07. The summed E-state index contributed by atoms with van der Waals surface area (Å²) >= 11 is 0.696. The molecular weight excluding hydrogens is 570 g/mol. The number of methoxy groups -OCH3 is 1. The monoisotopic (exact) mass is 601 g/mol. The van der Waals surface area contributed by atoms with E-state index < -0.39 is 89.1 Å². The highest BCUT2D eigenvalue weighted by atomic mass is 32.2. The summed E-state index contributed by atoms with van der Waals surface area (Å²) in [6, 6.07) is 3.65. The lowest BCUT2D eigenvalue weighted by Crippen LogP contribution is -2.53. The number of fused-ring (bicyclic) bond motifs is 3. The Balaban J connectivity index is 1.66. The quantitative estimate of drug-likeness (QED) is 0.253. The summed E-state index contributed by atoms with van der Waals surface area (Å²) in [5, 5.41) is 44.5. The Bertz CT molecular complexity index is 1500. The van der Waals surface area contributed by atoms with Crippen LogP contribution in [-0.2, 0) is 25.5 Å². The van der Waals surface area contributed by atoms with Crippen LogP contribution in [0.5, 0.6) is 17.2 Å². The van der Waals surface area contributed by atoms with Crippen molar-refractivity contribution in [2.45, 2.75) is 69.4 Å². The van der Waals surface area contributed by atoms with Crippen LogP contribution in [0.25, 0.3) is 0 Å². The number of carbonyl (C=O) groups excluding carboxylic acids is 4. The number of carbonyl (C=O) groups is 4. The summed E-state index contributed by atoms with van der Waals surface area (Å²) in [4.78, 5) is 52.1. The number of phenolic OH excluding ortho intramolecular Hbond substituents is 2. The van der Waals surface area contributed by atoms with Gasteiger partial charge < -0.3 is 40.4 Å². The minimum Gasteiger partial charge on any atom is -0.507 e. The standard InChI is InChI=1S/C29H31NO11S/c1-11-24(33)15(30)7-19(40-11)41-17-9-29(38,18(32)10-42-12(2)31)8-14-21(17)28(37)23-22(26(14)35)25(34)13-5-4-6-16(39-3)20(13)27(23)36/h4-6,11,15,17,19,24,33,35,37-38H,7-10,30H2,1-3H3/t11-,15-,17?,19-,24+,29?/m0/s1. The molecule has 6 atom stereocenters. The van der Waals surface area contributed by atoms with Gasteiger partial charge in [0.2, 0.25) is 5.78 Å². The third kappa shape index (κ3) is 4.89. The highest BCUT2D eigenvalue weighted by Crippen LogP contribution is 2.52. The van der Waals surface area contributed by atoms with Gasteiger partial charge in [-0.1, -0.05) is 23.9 Å². The number of aliphatic hydroxyl groups is 2. The molecule has 0 spiro atoms. The molecule has 6 N–H and O–H groups in total. The number of hydrogen-bond donors (Lipinski definition) is 5. The predicted octanol–water partition coefficient (Wildman–Crippen LogP) is 1.29. The predicted molar refractivity (Wildman–Crippen MR) is 148 cm³/mol. The number of aromatic hydroxyl groups is 2. The number of ether oxygens (including phenoxy) is 3. The van der Waals surface area contributed by atoms with E-state index in [9.17, 15) is 39.6 Å². The van der Waals surface area contributed by atoms with Crippen molar-refractivity contribution in [2.24, 2.45) is 5.73 Å². The molecule has 1 aliphatic heterocycles. The van der Waals surface area contributed by atoms with Crippen molar-refractivity contribution in [1.82, 2.24) is 0 Å². The minimum absolute atomic E-state index is 0.0174. The number of aliphatic hydroxyl groups excluding tert-OH is 1. The number of thioether (sulfide) groups is 1. The Labute approximate surface area is 244 Å². The Kier molecular flexibility index (Phi) is 7.94. The van der Waals surface area contributed by atoms with E-state index in [4.69, 9.17) is 19.9 Å². The second kappa shape index (κ2) is 11.1. The van der Waals surface area contributed by atoms with E-state index in [1.54, 1.807) is 6.92 Å². The molecule has 0 aromatic heterocycles. The molecule has 1 saturated heterocycles. The van der Waals surface area contributed by atoms with E-state index in [1.807, 2.05) is 0 Å². The lowest BCUT2D eigenvalue weighted by atomic mass is 9.72. The number of nitrogens with two attached hydrogens (primary N) is 1. The van der Waals surface area contributed by atoms with Crippen molar-refractivity contribution < 1.29 is 53.8 Å². The molecule has 13 heteroatoms. The fourth-order valence-electron chi connectivity index (χ4n) is 5.90. The molecule has 12 nitrogen and oxygen atoms in total. The van der Waals surface area contributed by atoms with Gasteiger partial charge in [0, 0.05) is 48.9 Å². The number of benzene rings is 2. The van der Waals surface area contributed by atoms with Gasteiger partial charge in [-0.15, -0.1) is 0 Å². The molecule has 1 heterocycles. The Morgan fingerprint density at radius 3 is 2.48 bits per heavy atom. The summed E-state index contributed by atoms with van der Waals surface area (Å²) in [6.45, 7) is 2.86. The lowest BCUT2D eigenvalue weighted by molar-refractivity contribution is -0.247. The van der Waals surface area contributed by atoms with Crippen LogP contribution in [0, 0.1) is 0 Å². The summed E-state index contributed by atoms with van der Waals surface area (Å²) < 4.78 is 17.2. The van der Waals surface area contributed by atoms with Crippen LogP contribution in [0.2, 0.25) is 0 Å². The summed E-state index contributed by atoms with van der Waals surface area (Å²) in [5.41, 5.74) is 2.54. The summed E-state index contributed by atoms with van der Waals surface area (Å²) in [5.74, 6) is -3.88. The van der Waals surface area contributed by atoms with E-state index in [0.29, 0.717) is 11.8 Å². The zero-order valence-electron chi connectivity index (χ0n) is 23.1. The summed E-state index contributed by atoms with van der Waals surface area (Å²) in [6.07, 6.45) is -5.05. The van der Waals surface area contributed by atoms with Gasteiger partial charge in [-0.25, -0.2) is 0 Å². The molecule has 0 amide bonds. The molecule has 5 rings (SSSR count). The van der Waals surface area contributed by atoms with E-state index in [1.165, 1.54) is 32.2 Å². The van der Waals surface area contributed by atoms with Gasteiger partial charge in [-0.05, 0) is 13.0 Å². The van der Waals surface area contributed by atoms with E-state index in [0.717, 1.165) is 0 Å². The number of phenols is 2. The van der Waals surface area contributed by atoms with Crippen LogP contribution in [0.3, 0.4) is 0 Å². The first-order chi connectivity index (χ1) is 19.8. The number of hydrogen-bond acceptors (Lipinski definition) is 13. The Morgan fingerprint density at radius 2 is 1.83 bits per heavy atom. The van der Waals surface area contributed by atoms with Crippen LogP contribution in [0.1, 0.15) is 75.8 Å². The zero-order valence-corrected chi connectivity index (χ0v) is 23.9. The van der Waals surface area contributed by atoms with Crippen molar-refractivity contribution in [2.75, 3.05) is 12.9 Å². The summed E-state index contributed by atoms with van der Waals surface area (Å²) in [7, 11) is 1.33. The first-order valence-electron chi connectivity index (χ1n) is 13.3. The lowest BCUT2D eigenvalue weighted by Gasteiger charge is -2.42. The largest absolute Gasteiger partial charge is 0.507 e. The molecule has 224 valence electrons. The van der Waals surface area contributed by atoms with Crippen molar-refractivity contribution in [1.29, 1.82) is 0 Å². The first-order valence-corrected chi connectivity index (χ1v) is 14.3. The number of ketones is 3. The maximum Gasteiger partial charge on any atom is 0.202 e. The van der Waals surface area contributed by atoms with Gasteiger partial charge in [0.15, 0.2) is 23.0 Å². The minimum atomic E-state index is -2.18. The van der Waals surface area contributed by atoms with E-state index in [-0.39, 0.29) is 45.3 Å². The Hall–Kier alpha value is -3.33. The highest BCUT2D eigenvalue weighted by molar-refractivity contribution is 8.14. The molecule has 0 bridgehead atoms. The van der Waals surface area contributed by atoms with Gasteiger partial charge in [0.1, 0.15) is 22.8 Å². The van der Waals surface area contributed by atoms with Crippen molar-refractivity contribution in [3.8, 4) is 17.2 Å². The molecule has 2 aromatic carbocycles. The fraction of sp³-hybridized carbons (Fsp3) is 0.448. The van der Waals surface area contributed by atoms with Gasteiger partial charge in [0.25, 0.3) is 0 Å². The van der Waals surface area contributed by atoms with E-state index in [2.05, 4.69) is 0 Å². The Morgan fingerprint density at radius 1 is 1.14 bits per heavy atom. The average Bonchev–Trinajstić information content (AvgIpc) is 2.94. The maximum atomic E-state index is 13.7. The van der Waals surface area contributed by atoms with Crippen LogP contribution >= 0.6 is 11.8 Å². The molecule has 0 radical (unpaired) electrons. The number of Topliss-reactive ketones (excluding diaryl/α,β-unsaturated/α-hetero) is 1. The molecule has 0 saturated carbocycles. The molecule has 2 aromatic rings. The number of rotatable bonds is 6. The smallest absolute Gasteiger partial charge is 0.202 e. The van der Waals surface area contributed by atoms with Crippen LogP contribution in [-0.4, -0.2) is 85.9 Å². The fourth-order valence-corrected chi connectivity index (χ4v) is 6.51. The van der Waals surface area contributed by atoms with Crippen molar-refractivity contribution in [3.63, 3.8) is 0 Å². The third-order valence-corrected chi connectivity index (χ3v) is 8.88. The highest BCUT2D eigenvalue weighted by Gasteiger charge is 2.50. The van der Waals surface area contributed by atoms with Crippen LogP contribution < -0.4 is 10.5 Å². The first kappa shape index (κ1) is 30.1. The average molecular weight is 602 g/mol. The molecule has 1 fully saturated rings. The topological polar surface area (TPSA) is 203 Å². The molecule has 3 aliphatic rings. The molecular formula is C29H31NO11S. The van der Waals surface area contributed by atoms with Gasteiger partial charge in [-0.2, -0.15) is 0 Å². The van der Waals surface area contributed by atoms with Crippen molar-refractivity contribution in [3.05, 3.63) is 51.6 Å². The maximum absolute atomic E-state index is 13.7. The second-order valence-electron chi connectivity index (χ2n) is 10.8. The molecule has 2 aliphatic carbocycles. The van der Waals surface area contributed by atoms with Crippen LogP contribution in [0.4, 0.5) is 0 Å². The SMILES string of the molecule is COc1cccc2c1C(=O)c1c(O)c3c(c(O)c1C2=O)CC(O)(C(=O)CSC(C)=O)CC3O[C@H]1C[C@H](N)[C@H](O)[C@H](C)O1. The van der Waals surface area contributed by atoms with Gasteiger partial charge in [-0.3, -0.25) is 19.2 Å². The van der Waals surface area contributed by atoms with Crippen molar-refractivity contribution >= 4 is 34.2 Å². The zero-order chi connectivity index (χ0) is 30.7. The normalized spacial score (nSPS) is 28.5.